The first-order valence-electron chi connectivity index (χ1n) is 14.7. The van der Waals surface area contributed by atoms with Gasteiger partial charge in [-0.05, 0) is 36.6 Å². The third-order valence-corrected chi connectivity index (χ3v) is 10.9. The molecule has 0 aliphatic heterocycles. The molecule has 4 nitrogen and oxygen atoms in total. The molecule has 0 aliphatic rings. The molecule has 0 aromatic heterocycles. The molecule has 0 fully saturated rings. The van der Waals surface area contributed by atoms with Gasteiger partial charge in [-0.2, -0.15) is 0 Å². The summed E-state index contributed by atoms with van der Waals surface area (Å²) in [5, 5.41) is 2.08. The SMILES string of the molecule is C=C[C@H](C)[C@@H](CCCCCCC)O[Si](O[C@H](C(=C)C)[C@@H](C)/C=C(\C)C(=O)OC)(c1ccccc1)c1ccccc1. The summed E-state index contributed by atoms with van der Waals surface area (Å²) in [5.74, 6) is -0.332. The van der Waals surface area contributed by atoms with Gasteiger partial charge in [-0.3, -0.25) is 0 Å². The quantitative estimate of drug-likeness (QED) is 0.0619. The molecule has 0 radical (unpaired) electrons. The Morgan fingerprint density at radius 3 is 1.90 bits per heavy atom. The Labute approximate surface area is 244 Å². The number of ether oxygens (including phenoxy) is 1. The lowest BCUT2D eigenvalue weighted by Gasteiger charge is -2.40. The van der Waals surface area contributed by atoms with Gasteiger partial charge in [-0.25, -0.2) is 4.79 Å². The smallest absolute Gasteiger partial charge is 0.407 e. The Kier molecular flexibility index (Phi) is 14.4. The number of carbonyl (C=O) groups is 1. The number of esters is 1. The Balaban J connectivity index is 2.65. The molecule has 2 rings (SSSR count). The van der Waals surface area contributed by atoms with E-state index in [1.54, 1.807) is 6.92 Å². The predicted octanol–water partition coefficient (Wildman–Crippen LogP) is 7.53. The van der Waals surface area contributed by atoms with Gasteiger partial charge < -0.3 is 13.6 Å². The number of unbranched alkanes of at least 4 members (excludes halogenated alkanes) is 4. The normalized spacial score (nSPS) is 15.1. The van der Waals surface area contributed by atoms with E-state index in [1.165, 1.54) is 32.8 Å². The number of hydrogen-bond acceptors (Lipinski definition) is 4. The van der Waals surface area contributed by atoms with Crippen LogP contribution in [0, 0.1) is 11.8 Å². The summed E-state index contributed by atoms with van der Waals surface area (Å²) in [6.45, 7) is 18.7. The van der Waals surface area contributed by atoms with E-state index in [1.807, 2.05) is 55.5 Å². The summed E-state index contributed by atoms with van der Waals surface area (Å²) in [4.78, 5) is 12.2. The molecule has 0 amide bonds. The van der Waals surface area contributed by atoms with Crippen LogP contribution < -0.4 is 10.4 Å². The van der Waals surface area contributed by atoms with Crippen molar-refractivity contribution in [2.45, 2.75) is 85.4 Å². The summed E-state index contributed by atoms with van der Waals surface area (Å²) in [6.07, 6.45) is 10.4. The average molecular weight is 563 g/mol. The molecule has 2 aromatic rings. The van der Waals surface area contributed by atoms with Crippen LogP contribution in [-0.2, 0) is 18.4 Å². The van der Waals surface area contributed by atoms with Gasteiger partial charge in [0.25, 0.3) is 0 Å². The number of hydrogen-bond donors (Lipinski definition) is 0. The van der Waals surface area contributed by atoms with Gasteiger partial charge in [0, 0.05) is 11.5 Å². The number of rotatable bonds is 18. The van der Waals surface area contributed by atoms with Crippen LogP contribution in [0.15, 0.2) is 97.1 Å². The second-order valence-electron chi connectivity index (χ2n) is 10.9. The minimum atomic E-state index is -3.29. The molecule has 2 aromatic carbocycles. The van der Waals surface area contributed by atoms with E-state index < -0.39 is 8.56 Å². The lowest BCUT2D eigenvalue weighted by molar-refractivity contribution is -0.136. The molecule has 0 saturated heterocycles. The Bertz CT molecular complexity index is 1040. The molecule has 218 valence electrons. The molecule has 0 spiro atoms. The molecular weight excluding hydrogens is 512 g/mol. The highest BCUT2D eigenvalue weighted by Crippen LogP contribution is 2.28. The van der Waals surface area contributed by atoms with E-state index in [9.17, 15) is 4.79 Å². The van der Waals surface area contributed by atoms with Crippen molar-refractivity contribution in [1.29, 1.82) is 0 Å². The van der Waals surface area contributed by atoms with Crippen molar-refractivity contribution in [1.82, 2.24) is 0 Å². The molecule has 40 heavy (non-hydrogen) atoms. The fourth-order valence-electron chi connectivity index (χ4n) is 5.07. The summed E-state index contributed by atoms with van der Waals surface area (Å²) in [5.41, 5.74) is 1.42. The van der Waals surface area contributed by atoms with Crippen molar-refractivity contribution in [3.8, 4) is 0 Å². The Morgan fingerprint density at radius 2 is 1.43 bits per heavy atom. The van der Waals surface area contributed by atoms with Crippen LogP contribution in [0.1, 0.15) is 73.1 Å². The molecule has 0 N–H and O–H groups in total. The number of benzene rings is 2. The van der Waals surface area contributed by atoms with Crippen LogP contribution in [0.2, 0.25) is 0 Å². The van der Waals surface area contributed by atoms with Crippen molar-refractivity contribution >= 4 is 24.9 Å². The first-order valence-corrected chi connectivity index (χ1v) is 16.5. The van der Waals surface area contributed by atoms with Gasteiger partial charge in [0.1, 0.15) is 0 Å². The van der Waals surface area contributed by atoms with Gasteiger partial charge in [0.15, 0.2) is 0 Å². The minimum absolute atomic E-state index is 0.0559. The number of methoxy groups -OCH3 is 1. The Hall–Kier alpha value is -2.73. The second-order valence-corrected chi connectivity index (χ2v) is 13.7. The highest BCUT2D eigenvalue weighted by molar-refractivity contribution is 6.92. The predicted molar refractivity (Wildman–Crippen MR) is 170 cm³/mol. The molecule has 0 aliphatic carbocycles. The molecule has 5 heteroatoms. The fraction of sp³-hybridized carbons (Fsp3) is 0.457. The van der Waals surface area contributed by atoms with Crippen molar-refractivity contribution in [3.63, 3.8) is 0 Å². The van der Waals surface area contributed by atoms with Crippen LogP contribution in [0.25, 0.3) is 0 Å². The van der Waals surface area contributed by atoms with Gasteiger partial charge in [0.2, 0.25) is 0 Å². The maximum Gasteiger partial charge on any atom is 0.407 e. The summed E-state index contributed by atoms with van der Waals surface area (Å²) in [6, 6.07) is 20.7. The molecule has 0 saturated carbocycles. The molecule has 0 heterocycles. The highest BCUT2D eigenvalue weighted by atomic mass is 28.4. The van der Waals surface area contributed by atoms with Crippen LogP contribution >= 0.6 is 0 Å². The molecule has 4 atom stereocenters. The maximum absolute atomic E-state index is 12.2. The van der Waals surface area contributed by atoms with Crippen LogP contribution in [0.5, 0.6) is 0 Å². The first-order chi connectivity index (χ1) is 19.2. The van der Waals surface area contributed by atoms with E-state index in [-0.39, 0.29) is 30.0 Å². The highest BCUT2D eigenvalue weighted by Gasteiger charge is 2.47. The zero-order valence-corrected chi connectivity index (χ0v) is 26.5. The first kappa shape index (κ1) is 33.5. The summed E-state index contributed by atoms with van der Waals surface area (Å²) >= 11 is 0. The van der Waals surface area contributed by atoms with Gasteiger partial charge in [0.05, 0.1) is 19.3 Å². The topological polar surface area (TPSA) is 44.8 Å². The third kappa shape index (κ3) is 9.43. The molecular formula is C35H50O4Si. The standard InChI is InChI=1S/C35H50O4Si/c1-9-11-12-13-20-25-33(28(5)10-2)38-40(31-21-16-14-17-22-31,32-23-18-15-19-24-32)39-34(27(3)4)29(6)26-30(7)35(36)37-8/h10,14-19,21-24,26,28-29,33-34H,2-3,9,11-13,20,25H2,1,4-8H3/b30-26+/t28-,29-,33+,34+/m0/s1. The average Bonchev–Trinajstić information content (AvgIpc) is 2.97. The largest absolute Gasteiger partial charge is 0.466 e. The van der Waals surface area contributed by atoms with E-state index in [0.29, 0.717) is 5.57 Å². The monoisotopic (exact) mass is 562 g/mol. The van der Waals surface area contributed by atoms with E-state index >= 15 is 0 Å². The summed E-state index contributed by atoms with van der Waals surface area (Å²) in [7, 11) is -1.89. The minimum Gasteiger partial charge on any atom is -0.466 e. The van der Waals surface area contributed by atoms with Crippen LogP contribution in [0.3, 0.4) is 0 Å². The molecule has 0 unspecified atom stereocenters. The van der Waals surface area contributed by atoms with Gasteiger partial charge in [-0.1, -0.05) is 138 Å². The van der Waals surface area contributed by atoms with Crippen molar-refractivity contribution in [2.24, 2.45) is 11.8 Å². The zero-order chi connectivity index (χ0) is 29.5. The molecule has 0 bridgehead atoms. The fourth-order valence-corrected chi connectivity index (χ4v) is 8.80. The van der Waals surface area contributed by atoms with Gasteiger partial charge in [-0.15, -0.1) is 6.58 Å². The lowest BCUT2D eigenvalue weighted by Crippen LogP contribution is -2.66. The van der Waals surface area contributed by atoms with E-state index in [2.05, 4.69) is 58.2 Å². The van der Waals surface area contributed by atoms with Crippen molar-refractivity contribution < 1.29 is 18.4 Å². The third-order valence-electron chi connectivity index (χ3n) is 7.45. The van der Waals surface area contributed by atoms with Crippen molar-refractivity contribution in [3.05, 3.63) is 97.1 Å². The van der Waals surface area contributed by atoms with Crippen LogP contribution in [-0.4, -0.2) is 33.8 Å². The lowest BCUT2D eigenvalue weighted by atomic mass is 9.97. The second kappa shape index (κ2) is 17.2. The van der Waals surface area contributed by atoms with E-state index in [4.69, 9.17) is 13.6 Å². The van der Waals surface area contributed by atoms with E-state index in [0.717, 1.165) is 28.8 Å². The van der Waals surface area contributed by atoms with Crippen LogP contribution in [0.4, 0.5) is 0 Å². The summed E-state index contributed by atoms with van der Waals surface area (Å²) < 4.78 is 19.6. The number of carbonyl (C=O) groups excluding carboxylic acids is 1. The van der Waals surface area contributed by atoms with Crippen molar-refractivity contribution in [2.75, 3.05) is 7.11 Å². The maximum atomic E-state index is 12.2. The Morgan fingerprint density at radius 1 is 0.875 bits per heavy atom. The zero-order valence-electron chi connectivity index (χ0n) is 25.5. The van der Waals surface area contributed by atoms with Gasteiger partial charge >= 0.3 is 14.5 Å².